The molecule has 142 valence electrons. The van der Waals surface area contributed by atoms with Crippen LogP contribution in [0.4, 0.5) is 10.5 Å². The third-order valence-corrected chi connectivity index (χ3v) is 4.51. The highest BCUT2D eigenvalue weighted by atomic mass is 16.5. The fourth-order valence-corrected chi connectivity index (χ4v) is 3.13. The normalized spacial score (nSPS) is 19.5. The van der Waals surface area contributed by atoms with Crippen LogP contribution in [0.25, 0.3) is 0 Å². The van der Waals surface area contributed by atoms with Crippen LogP contribution in [0.1, 0.15) is 0 Å². The van der Waals surface area contributed by atoms with Gasteiger partial charge in [-0.2, -0.15) is 0 Å². The number of nitrogens with two attached hydrogens (primary N) is 2. The number of benzene rings is 1. The molecule has 0 aliphatic carbocycles. The summed E-state index contributed by atoms with van der Waals surface area (Å²) in [6.45, 7) is 0.662. The van der Waals surface area contributed by atoms with Crippen LogP contribution < -0.4 is 21.1 Å². The number of carboxylic acids is 2. The van der Waals surface area contributed by atoms with Crippen LogP contribution in [0, 0.1) is 5.92 Å². The number of carbonyl (C=O) groups excluding carboxylic acids is 1. The molecule has 1 saturated heterocycles. The molecule has 1 aromatic carbocycles. The molecule has 1 heterocycles. The minimum Gasteiger partial charge on any atom is -0.497 e. The van der Waals surface area contributed by atoms with Gasteiger partial charge in [0.1, 0.15) is 17.7 Å². The van der Waals surface area contributed by atoms with E-state index in [4.69, 9.17) is 21.3 Å². The Morgan fingerprint density at radius 2 is 1.77 bits per heavy atom. The van der Waals surface area contributed by atoms with E-state index in [0.717, 1.165) is 5.69 Å². The van der Waals surface area contributed by atoms with Crippen molar-refractivity contribution in [1.29, 1.82) is 0 Å². The minimum absolute atomic E-state index is 0.0905. The standard InChI is InChI=1S/C16H22N4O6/c1-26-10-4-2-9(3-5-10)19-6-7-20(16(18)25)11(8-19)12(14(21)22)13(17)15(23)24/h2-5,11-13H,6-8,17H2,1H3,(H2,18,25)(H,21,22)(H,23,24)/t11?,12?,13-/m0/s1. The van der Waals surface area contributed by atoms with E-state index >= 15 is 0 Å². The van der Waals surface area contributed by atoms with E-state index in [2.05, 4.69) is 0 Å². The zero-order chi connectivity index (χ0) is 19.4. The molecule has 1 aromatic rings. The molecule has 0 spiro atoms. The zero-order valence-corrected chi connectivity index (χ0v) is 14.2. The Labute approximate surface area is 149 Å². The number of ether oxygens (including phenoxy) is 1. The summed E-state index contributed by atoms with van der Waals surface area (Å²) < 4.78 is 5.11. The van der Waals surface area contributed by atoms with Crippen molar-refractivity contribution in [3.05, 3.63) is 24.3 Å². The highest BCUT2D eigenvalue weighted by molar-refractivity contribution is 5.84. The lowest BCUT2D eigenvalue weighted by Crippen LogP contribution is -2.64. The minimum atomic E-state index is -1.67. The first-order valence-corrected chi connectivity index (χ1v) is 7.92. The number of anilines is 1. The van der Waals surface area contributed by atoms with Crippen LogP contribution in [0.5, 0.6) is 5.75 Å². The number of aliphatic carboxylic acids is 2. The number of nitrogens with zero attached hydrogens (tertiary/aromatic N) is 2. The zero-order valence-electron chi connectivity index (χ0n) is 14.2. The first kappa shape index (κ1) is 19.3. The number of carbonyl (C=O) groups is 3. The van der Waals surface area contributed by atoms with E-state index < -0.39 is 36.0 Å². The summed E-state index contributed by atoms with van der Waals surface area (Å²) in [7, 11) is 1.54. The van der Waals surface area contributed by atoms with E-state index in [0.29, 0.717) is 12.3 Å². The third kappa shape index (κ3) is 3.97. The number of carboxylic acid groups (broad SMARTS) is 2. The lowest BCUT2D eigenvalue weighted by molar-refractivity contribution is -0.152. The predicted molar refractivity (Wildman–Crippen MR) is 92.0 cm³/mol. The van der Waals surface area contributed by atoms with Crippen molar-refractivity contribution in [3.8, 4) is 5.75 Å². The molecule has 26 heavy (non-hydrogen) atoms. The Hall–Kier alpha value is -3.01. The SMILES string of the molecule is COc1ccc(N2CCN(C(N)=O)C(C(C(=O)O)[C@H](N)C(=O)O)C2)cc1. The highest BCUT2D eigenvalue weighted by Gasteiger charge is 2.44. The van der Waals surface area contributed by atoms with E-state index in [1.807, 2.05) is 4.90 Å². The molecule has 1 aliphatic rings. The Bertz CT molecular complexity index is 680. The van der Waals surface area contributed by atoms with Gasteiger partial charge in [0.15, 0.2) is 0 Å². The van der Waals surface area contributed by atoms with Crippen molar-refractivity contribution in [3.63, 3.8) is 0 Å². The maximum Gasteiger partial charge on any atom is 0.321 e. The molecule has 2 rings (SSSR count). The van der Waals surface area contributed by atoms with Crippen molar-refractivity contribution in [2.75, 3.05) is 31.6 Å². The molecule has 1 fully saturated rings. The predicted octanol–water partition coefficient (Wildman–Crippen LogP) is -0.623. The van der Waals surface area contributed by atoms with E-state index in [1.165, 1.54) is 4.90 Å². The lowest BCUT2D eigenvalue weighted by Gasteiger charge is -2.44. The van der Waals surface area contributed by atoms with Crippen LogP contribution in [-0.4, -0.2) is 71.9 Å². The van der Waals surface area contributed by atoms with Gasteiger partial charge in [0.25, 0.3) is 0 Å². The Morgan fingerprint density at radius 1 is 1.15 bits per heavy atom. The summed E-state index contributed by atoms with van der Waals surface area (Å²) in [5, 5.41) is 18.7. The van der Waals surface area contributed by atoms with Crippen molar-refractivity contribution in [1.82, 2.24) is 4.90 Å². The number of hydrogen-bond acceptors (Lipinski definition) is 6. The second kappa shape index (κ2) is 7.91. The van der Waals surface area contributed by atoms with Crippen LogP contribution in [0.3, 0.4) is 0 Å². The van der Waals surface area contributed by atoms with Crippen LogP contribution in [-0.2, 0) is 9.59 Å². The second-order valence-electron chi connectivity index (χ2n) is 5.97. The van der Waals surface area contributed by atoms with Crippen LogP contribution in [0.2, 0.25) is 0 Å². The van der Waals surface area contributed by atoms with E-state index in [1.54, 1.807) is 31.4 Å². The smallest absolute Gasteiger partial charge is 0.321 e. The fraction of sp³-hybridized carbons (Fsp3) is 0.438. The Morgan fingerprint density at radius 3 is 2.23 bits per heavy atom. The van der Waals surface area contributed by atoms with Gasteiger partial charge in [0.05, 0.1) is 13.2 Å². The molecule has 0 saturated carbocycles. The van der Waals surface area contributed by atoms with Gasteiger partial charge in [0.2, 0.25) is 0 Å². The number of rotatable bonds is 6. The summed E-state index contributed by atoms with van der Waals surface area (Å²) in [6.07, 6.45) is 0. The molecule has 0 bridgehead atoms. The molecule has 10 heteroatoms. The molecule has 6 N–H and O–H groups in total. The lowest BCUT2D eigenvalue weighted by atomic mass is 9.89. The summed E-state index contributed by atoms with van der Waals surface area (Å²) in [5.41, 5.74) is 11.7. The van der Waals surface area contributed by atoms with Gasteiger partial charge in [-0.05, 0) is 24.3 Å². The van der Waals surface area contributed by atoms with Gasteiger partial charge in [-0.25, -0.2) is 4.79 Å². The molecule has 10 nitrogen and oxygen atoms in total. The number of piperazine rings is 1. The molecule has 0 aromatic heterocycles. The van der Waals surface area contributed by atoms with Crippen molar-refractivity contribution in [2.45, 2.75) is 12.1 Å². The summed E-state index contributed by atoms with van der Waals surface area (Å²) >= 11 is 0. The molecular weight excluding hydrogens is 344 g/mol. The van der Waals surface area contributed by atoms with Gasteiger partial charge in [-0.1, -0.05) is 0 Å². The van der Waals surface area contributed by atoms with Gasteiger partial charge in [0, 0.05) is 25.3 Å². The molecule has 0 radical (unpaired) electrons. The monoisotopic (exact) mass is 366 g/mol. The molecular formula is C16H22N4O6. The fourth-order valence-electron chi connectivity index (χ4n) is 3.13. The summed E-state index contributed by atoms with van der Waals surface area (Å²) in [6, 6.07) is 3.63. The van der Waals surface area contributed by atoms with Crippen molar-refractivity contribution in [2.24, 2.45) is 17.4 Å². The van der Waals surface area contributed by atoms with Gasteiger partial charge < -0.3 is 36.2 Å². The quantitative estimate of drug-likeness (QED) is 0.518. The average Bonchev–Trinajstić information content (AvgIpc) is 2.61. The van der Waals surface area contributed by atoms with Gasteiger partial charge in [-0.15, -0.1) is 0 Å². The number of primary amides is 1. The highest BCUT2D eigenvalue weighted by Crippen LogP contribution is 2.26. The molecule has 2 amide bonds. The largest absolute Gasteiger partial charge is 0.497 e. The number of amides is 2. The van der Waals surface area contributed by atoms with Crippen molar-refractivity contribution < 1.29 is 29.3 Å². The first-order chi connectivity index (χ1) is 12.3. The van der Waals surface area contributed by atoms with Crippen molar-refractivity contribution >= 4 is 23.7 Å². The Balaban J connectivity index is 2.32. The van der Waals surface area contributed by atoms with E-state index in [9.17, 15) is 19.5 Å². The number of urea groups is 1. The molecule has 1 aliphatic heterocycles. The Kier molecular flexibility index (Phi) is 5.88. The molecule has 3 atom stereocenters. The summed E-state index contributed by atoms with van der Waals surface area (Å²) in [5.74, 6) is -3.69. The van der Waals surface area contributed by atoms with Crippen LogP contribution >= 0.6 is 0 Å². The topological polar surface area (TPSA) is 159 Å². The van der Waals surface area contributed by atoms with Crippen LogP contribution in [0.15, 0.2) is 24.3 Å². The third-order valence-electron chi connectivity index (χ3n) is 4.51. The van der Waals surface area contributed by atoms with E-state index in [-0.39, 0.29) is 13.1 Å². The summed E-state index contributed by atoms with van der Waals surface area (Å²) in [4.78, 5) is 37.7. The molecule has 2 unspecified atom stereocenters. The second-order valence-corrected chi connectivity index (χ2v) is 5.97. The first-order valence-electron chi connectivity index (χ1n) is 7.92. The number of methoxy groups -OCH3 is 1. The van der Waals surface area contributed by atoms with Gasteiger partial charge >= 0.3 is 18.0 Å². The number of hydrogen-bond donors (Lipinski definition) is 4. The maximum atomic E-state index is 11.7. The maximum absolute atomic E-state index is 11.7. The average molecular weight is 366 g/mol. The van der Waals surface area contributed by atoms with Gasteiger partial charge in [-0.3, -0.25) is 9.59 Å².